The molecule has 3 N–H and O–H groups in total. The van der Waals surface area contributed by atoms with E-state index >= 15 is 0 Å². The zero-order valence-electron chi connectivity index (χ0n) is 10.8. The van der Waals surface area contributed by atoms with Crippen molar-refractivity contribution in [2.45, 2.75) is 26.2 Å². The van der Waals surface area contributed by atoms with Crippen LogP contribution in [-0.4, -0.2) is 14.8 Å². The average molecular weight is 285 g/mol. The molecule has 0 atom stereocenters. The Morgan fingerprint density at radius 3 is 2.75 bits per heavy atom. The number of hydrogen-bond acceptors (Lipinski definition) is 4. The maximum atomic E-state index is 12.9. The summed E-state index contributed by atoms with van der Waals surface area (Å²) in [6.07, 6.45) is -2.93. The first-order valence-corrected chi connectivity index (χ1v) is 5.99. The third-order valence-corrected chi connectivity index (χ3v) is 2.82. The van der Waals surface area contributed by atoms with Crippen LogP contribution in [0.15, 0.2) is 24.5 Å². The fourth-order valence-electron chi connectivity index (χ4n) is 1.80. The lowest BCUT2D eigenvalue weighted by molar-refractivity contribution is -0.136. The van der Waals surface area contributed by atoms with Gasteiger partial charge in [0.15, 0.2) is 5.82 Å². The second-order valence-electron chi connectivity index (χ2n) is 4.19. The molecular formula is C12H14F3N5. The number of nitrogens with two attached hydrogens (primary N) is 1. The summed E-state index contributed by atoms with van der Waals surface area (Å²) < 4.78 is 40.5. The van der Waals surface area contributed by atoms with E-state index in [0.29, 0.717) is 12.4 Å². The van der Waals surface area contributed by atoms with E-state index in [-0.39, 0.29) is 17.9 Å². The monoisotopic (exact) mass is 285 g/mol. The zero-order chi connectivity index (χ0) is 14.8. The number of nitrogen functional groups attached to an aromatic ring is 1. The Labute approximate surface area is 113 Å². The molecule has 0 saturated heterocycles. The minimum Gasteiger partial charge on any atom is -0.399 e. The van der Waals surface area contributed by atoms with Crippen LogP contribution in [0.25, 0.3) is 0 Å². The third kappa shape index (κ3) is 3.01. The molecule has 0 unspecified atom stereocenters. The van der Waals surface area contributed by atoms with Crippen molar-refractivity contribution in [1.29, 1.82) is 0 Å². The van der Waals surface area contributed by atoms with E-state index in [1.54, 1.807) is 4.57 Å². The number of aromatic nitrogens is 3. The van der Waals surface area contributed by atoms with E-state index in [0.717, 1.165) is 6.07 Å². The predicted octanol–water partition coefficient (Wildman–Crippen LogP) is 2.51. The molecule has 1 heterocycles. The largest absolute Gasteiger partial charge is 0.418 e. The minimum atomic E-state index is -4.46. The van der Waals surface area contributed by atoms with Gasteiger partial charge in [-0.05, 0) is 25.1 Å². The molecule has 0 radical (unpaired) electrons. The van der Waals surface area contributed by atoms with Gasteiger partial charge in [0, 0.05) is 17.9 Å². The summed E-state index contributed by atoms with van der Waals surface area (Å²) in [5.41, 5.74) is 4.65. The van der Waals surface area contributed by atoms with Gasteiger partial charge in [-0.25, -0.2) is 0 Å². The number of benzene rings is 1. The van der Waals surface area contributed by atoms with Crippen molar-refractivity contribution < 1.29 is 13.2 Å². The third-order valence-electron chi connectivity index (χ3n) is 2.82. The summed E-state index contributed by atoms with van der Waals surface area (Å²) in [4.78, 5) is 0. The maximum absolute atomic E-state index is 12.9. The number of rotatable bonds is 4. The Morgan fingerprint density at radius 2 is 2.10 bits per heavy atom. The molecule has 0 aliphatic rings. The maximum Gasteiger partial charge on any atom is 0.418 e. The molecule has 20 heavy (non-hydrogen) atoms. The van der Waals surface area contributed by atoms with Crippen molar-refractivity contribution in [2.24, 2.45) is 0 Å². The van der Waals surface area contributed by atoms with Crippen molar-refractivity contribution in [3.8, 4) is 0 Å². The molecule has 0 spiro atoms. The van der Waals surface area contributed by atoms with Crippen molar-refractivity contribution in [3.05, 3.63) is 35.9 Å². The number of nitrogens with zero attached hydrogens (tertiary/aromatic N) is 3. The second-order valence-corrected chi connectivity index (χ2v) is 4.19. The number of anilines is 2. The van der Waals surface area contributed by atoms with Gasteiger partial charge in [0.1, 0.15) is 6.33 Å². The summed E-state index contributed by atoms with van der Waals surface area (Å²) in [5.74, 6) is 0.567. The average Bonchev–Trinajstić information content (AvgIpc) is 2.83. The van der Waals surface area contributed by atoms with Gasteiger partial charge in [-0.15, -0.1) is 10.2 Å². The van der Waals surface area contributed by atoms with Gasteiger partial charge in [-0.3, -0.25) is 0 Å². The number of aryl methyl sites for hydroxylation is 1. The molecule has 5 nitrogen and oxygen atoms in total. The first-order chi connectivity index (χ1) is 9.41. The molecule has 2 rings (SSSR count). The van der Waals surface area contributed by atoms with Crippen LogP contribution in [0, 0.1) is 0 Å². The van der Waals surface area contributed by atoms with Gasteiger partial charge >= 0.3 is 6.18 Å². The molecular weight excluding hydrogens is 271 g/mol. The van der Waals surface area contributed by atoms with Crippen molar-refractivity contribution in [3.63, 3.8) is 0 Å². The second kappa shape index (κ2) is 5.40. The fourth-order valence-corrected chi connectivity index (χ4v) is 1.80. The van der Waals surface area contributed by atoms with Gasteiger partial charge in [0.2, 0.25) is 0 Å². The van der Waals surface area contributed by atoms with E-state index < -0.39 is 11.7 Å². The van der Waals surface area contributed by atoms with Crippen LogP contribution in [0.5, 0.6) is 0 Å². The Morgan fingerprint density at radius 1 is 1.35 bits per heavy atom. The van der Waals surface area contributed by atoms with E-state index in [9.17, 15) is 13.2 Å². The van der Waals surface area contributed by atoms with E-state index in [1.807, 2.05) is 6.92 Å². The lowest BCUT2D eigenvalue weighted by Gasteiger charge is -2.15. The molecule has 1 aromatic carbocycles. The number of nitrogens with one attached hydrogen (secondary N) is 1. The number of alkyl halides is 3. The number of halogens is 3. The van der Waals surface area contributed by atoms with Crippen LogP contribution in [0.1, 0.15) is 18.3 Å². The van der Waals surface area contributed by atoms with Gasteiger partial charge < -0.3 is 15.6 Å². The van der Waals surface area contributed by atoms with Gasteiger partial charge in [0.25, 0.3) is 0 Å². The van der Waals surface area contributed by atoms with Gasteiger partial charge in [0.05, 0.1) is 12.1 Å². The van der Waals surface area contributed by atoms with Crippen molar-refractivity contribution in [2.75, 3.05) is 11.1 Å². The Hall–Kier alpha value is -2.25. The zero-order valence-corrected chi connectivity index (χ0v) is 10.8. The van der Waals surface area contributed by atoms with E-state index in [1.165, 1.54) is 18.5 Å². The Balaban J connectivity index is 2.22. The number of hydrogen-bond donors (Lipinski definition) is 2. The molecule has 0 amide bonds. The van der Waals surface area contributed by atoms with Crippen LogP contribution in [0.4, 0.5) is 24.5 Å². The normalized spacial score (nSPS) is 11.6. The highest BCUT2D eigenvalue weighted by atomic mass is 19.4. The predicted molar refractivity (Wildman–Crippen MR) is 68.9 cm³/mol. The standard InChI is InChI=1S/C12H14F3N5/c1-2-20-7-18-19-11(20)6-17-10-4-3-8(16)5-9(10)12(13,14)15/h3-5,7,17H,2,6,16H2,1H3. The minimum absolute atomic E-state index is 0.0302. The quantitative estimate of drug-likeness (QED) is 0.847. The molecule has 0 aliphatic heterocycles. The Kier molecular flexibility index (Phi) is 3.82. The van der Waals surface area contributed by atoms with Crippen LogP contribution in [0.3, 0.4) is 0 Å². The first kappa shape index (κ1) is 14.2. The molecule has 0 fully saturated rings. The first-order valence-electron chi connectivity index (χ1n) is 5.99. The fraction of sp³-hybridized carbons (Fsp3) is 0.333. The Bertz CT molecular complexity index is 591. The molecule has 8 heteroatoms. The highest BCUT2D eigenvalue weighted by Gasteiger charge is 2.33. The SMILES string of the molecule is CCn1cnnc1CNc1ccc(N)cc1C(F)(F)F. The summed E-state index contributed by atoms with van der Waals surface area (Å²) in [6.45, 7) is 2.70. The van der Waals surface area contributed by atoms with Gasteiger partial charge in [-0.2, -0.15) is 13.2 Å². The van der Waals surface area contributed by atoms with Crippen molar-refractivity contribution in [1.82, 2.24) is 14.8 Å². The highest BCUT2D eigenvalue weighted by Crippen LogP contribution is 2.36. The molecule has 0 saturated carbocycles. The van der Waals surface area contributed by atoms with Crippen LogP contribution in [-0.2, 0) is 19.3 Å². The highest BCUT2D eigenvalue weighted by molar-refractivity contribution is 5.59. The molecule has 1 aromatic heterocycles. The van der Waals surface area contributed by atoms with Crippen LogP contribution < -0.4 is 11.1 Å². The lowest BCUT2D eigenvalue weighted by Crippen LogP contribution is -2.13. The van der Waals surface area contributed by atoms with Crippen molar-refractivity contribution >= 4 is 11.4 Å². The topological polar surface area (TPSA) is 68.8 Å². The lowest BCUT2D eigenvalue weighted by atomic mass is 10.1. The van der Waals surface area contributed by atoms with Gasteiger partial charge in [-0.1, -0.05) is 0 Å². The summed E-state index contributed by atoms with van der Waals surface area (Å²) in [6, 6.07) is 3.64. The van der Waals surface area contributed by atoms with Crippen LogP contribution in [0.2, 0.25) is 0 Å². The molecule has 108 valence electrons. The smallest absolute Gasteiger partial charge is 0.399 e. The molecule has 0 bridgehead atoms. The molecule has 0 aliphatic carbocycles. The summed E-state index contributed by atoms with van der Waals surface area (Å²) in [7, 11) is 0. The van der Waals surface area contributed by atoms with Crippen LogP contribution >= 0.6 is 0 Å². The summed E-state index contributed by atoms with van der Waals surface area (Å²) >= 11 is 0. The van der Waals surface area contributed by atoms with E-state index in [2.05, 4.69) is 15.5 Å². The summed E-state index contributed by atoms with van der Waals surface area (Å²) in [5, 5.41) is 10.3. The van der Waals surface area contributed by atoms with E-state index in [4.69, 9.17) is 5.73 Å². The molecule has 2 aromatic rings.